The van der Waals surface area contributed by atoms with Gasteiger partial charge in [0.05, 0.1) is 22.3 Å². The van der Waals surface area contributed by atoms with Crippen molar-refractivity contribution in [3.8, 4) is 0 Å². The van der Waals surface area contributed by atoms with Crippen molar-refractivity contribution in [1.29, 1.82) is 0 Å². The summed E-state index contributed by atoms with van der Waals surface area (Å²) in [6.45, 7) is 4.14. The average molecular weight is 527 g/mol. The zero-order valence-electron chi connectivity index (χ0n) is 21.2. The van der Waals surface area contributed by atoms with Crippen molar-refractivity contribution in [1.82, 2.24) is 0 Å². The van der Waals surface area contributed by atoms with Gasteiger partial charge in [0.25, 0.3) is 0 Å². The van der Waals surface area contributed by atoms with E-state index >= 15 is 0 Å². The van der Waals surface area contributed by atoms with Gasteiger partial charge in [0.1, 0.15) is 0 Å². The predicted octanol–water partition coefficient (Wildman–Crippen LogP) is 5.63. The maximum Gasteiger partial charge on any atom is 0.336 e. The topological polar surface area (TPSA) is 149 Å². The smallest absolute Gasteiger partial charge is 0.336 e. The molecule has 0 bridgehead atoms. The van der Waals surface area contributed by atoms with E-state index in [1.807, 2.05) is 48.6 Å². The maximum absolute atomic E-state index is 12.0. The highest BCUT2D eigenvalue weighted by Crippen LogP contribution is 2.45. The number of allylic oxidation sites excluding steroid dienone is 4. The van der Waals surface area contributed by atoms with Crippen LogP contribution >= 0.6 is 0 Å². The number of rotatable bonds is 8. The highest BCUT2D eigenvalue weighted by Gasteiger charge is 2.37. The second-order valence-electron chi connectivity index (χ2n) is 9.90. The molecule has 4 N–H and O–H groups in total. The van der Waals surface area contributed by atoms with Crippen LogP contribution < -0.4 is 0 Å². The molecule has 0 fully saturated rings. The molecule has 0 spiro atoms. The Bertz CT molecular complexity index is 1490. The summed E-state index contributed by atoms with van der Waals surface area (Å²) in [7, 11) is 0. The first-order valence-corrected chi connectivity index (χ1v) is 12.1. The second-order valence-corrected chi connectivity index (χ2v) is 9.90. The molecule has 1 aliphatic rings. The fourth-order valence-corrected chi connectivity index (χ4v) is 5.09. The molecule has 0 unspecified atom stereocenters. The third-order valence-electron chi connectivity index (χ3n) is 7.40. The summed E-state index contributed by atoms with van der Waals surface area (Å²) in [5.41, 5.74) is -0.161. The Morgan fingerprint density at radius 3 is 1.51 bits per heavy atom. The Hall–Kier alpha value is -4.98. The molecule has 0 heterocycles. The van der Waals surface area contributed by atoms with Gasteiger partial charge in [-0.05, 0) is 52.9 Å². The summed E-state index contributed by atoms with van der Waals surface area (Å²) in [5.74, 6) is -5.62. The molecule has 1 aliphatic carbocycles. The standard InChI is InChI=1S/C31H26O8/c1-30(2,18-6-4-3-5-7-18)19-12-14-31(15-13-19,20-8-10-22(26(32)33)24(16-20)28(36)37)21-9-11-23(27(34)35)25(17-21)29(38)39/h3-14,16-17H,15H2,1-2H3,(H,32,33)(H,34,35)(H,36,37)(H,38,39). The number of hydrogen-bond donors (Lipinski definition) is 4. The van der Waals surface area contributed by atoms with Crippen molar-refractivity contribution in [2.75, 3.05) is 0 Å². The van der Waals surface area contributed by atoms with E-state index in [0.717, 1.165) is 11.1 Å². The van der Waals surface area contributed by atoms with Gasteiger partial charge in [-0.1, -0.05) is 74.5 Å². The second kappa shape index (κ2) is 10.1. The molecule has 0 aliphatic heterocycles. The van der Waals surface area contributed by atoms with E-state index in [1.165, 1.54) is 36.4 Å². The monoisotopic (exact) mass is 526 g/mol. The van der Waals surface area contributed by atoms with Gasteiger partial charge in [-0.2, -0.15) is 0 Å². The summed E-state index contributed by atoms with van der Waals surface area (Å²) < 4.78 is 0. The summed E-state index contributed by atoms with van der Waals surface area (Å²) in [5, 5.41) is 38.5. The first-order valence-electron chi connectivity index (χ1n) is 12.1. The van der Waals surface area contributed by atoms with Gasteiger partial charge in [-0.15, -0.1) is 0 Å². The molecule has 4 rings (SSSR count). The first-order chi connectivity index (χ1) is 18.4. The zero-order chi connectivity index (χ0) is 28.5. The third-order valence-corrected chi connectivity index (χ3v) is 7.40. The minimum absolute atomic E-state index is 0.284. The molecule has 3 aromatic carbocycles. The van der Waals surface area contributed by atoms with Gasteiger partial charge < -0.3 is 20.4 Å². The van der Waals surface area contributed by atoms with E-state index in [2.05, 4.69) is 13.8 Å². The van der Waals surface area contributed by atoms with Gasteiger partial charge in [0, 0.05) is 10.8 Å². The lowest BCUT2D eigenvalue weighted by atomic mass is 9.65. The van der Waals surface area contributed by atoms with Crippen molar-refractivity contribution in [3.05, 3.63) is 129 Å². The number of carbonyl (C=O) groups is 4. The Morgan fingerprint density at radius 1 is 0.667 bits per heavy atom. The van der Waals surface area contributed by atoms with Crippen LogP contribution in [0.3, 0.4) is 0 Å². The fourth-order valence-electron chi connectivity index (χ4n) is 5.09. The summed E-state index contributed by atoms with van der Waals surface area (Å²) >= 11 is 0. The van der Waals surface area contributed by atoms with Crippen LogP contribution in [-0.4, -0.2) is 44.3 Å². The number of carboxylic acids is 4. The molecule has 8 heteroatoms. The summed E-state index contributed by atoms with van der Waals surface area (Å²) in [4.78, 5) is 47.3. The number of aromatic carboxylic acids is 4. The van der Waals surface area contributed by atoms with Crippen LogP contribution in [0.5, 0.6) is 0 Å². The molecule has 0 saturated heterocycles. The first kappa shape index (κ1) is 27.1. The highest BCUT2D eigenvalue weighted by atomic mass is 16.4. The van der Waals surface area contributed by atoms with Gasteiger partial charge >= 0.3 is 23.9 Å². The van der Waals surface area contributed by atoms with Crippen LogP contribution in [0, 0.1) is 0 Å². The van der Waals surface area contributed by atoms with Crippen molar-refractivity contribution in [2.24, 2.45) is 0 Å². The predicted molar refractivity (Wildman–Crippen MR) is 143 cm³/mol. The quantitative estimate of drug-likeness (QED) is 0.295. The van der Waals surface area contributed by atoms with E-state index in [4.69, 9.17) is 0 Å². The minimum atomic E-state index is -1.42. The molecule has 39 heavy (non-hydrogen) atoms. The van der Waals surface area contributed by atoms with Crippen LogP contribution in [0.15, 0.2) is 90.5 Å². The van der Waals surface area contributed by atoms with Crippen LogP contribution in [0.1, 0.15) is 78.4 Å². The molecule has 8 nitrogen and oxygen atoms in total. The zero-order valence-corrected chi connectivity index (χ0v) is 21.2. The number of benzene rings is 3. The Labute approximate surface area is 224 Å². The normalized spacial score (nSPS) is 14.4. The molecular weight excluding hydrogens is 500 g/mol. The molecule has 0 aromatic heterocycles. The summed E-state index contributed by atoms with van der Waals surface area (Å²) in [6.07, 6.45) is 6.01. The molecule has 3 aromatic rings. The Balaban J connectivity index is 1.93. The van der Waals surface area contributed by atoms with Gasteiger partial charge in [0.2, 0.25) is 0 Å². The lowest BCUT2D eigenvalue weighted by molar-refractivity contribution is 0.0651. The van der Waals surface area contributed by atoms with Gasteiger partial charge in [-0.25, -0.2) is 19.2 Å². The highest BCUT2D eigenvalue weighted by molar-refractivity contribution is 6.03. The van der Waals surface area contributed by atoms with Gasteiger partial charge in [0.15, 0.2) is 0 Å². The van der Waals surface area contributed by atoms with E-state index in [1.54, 1.807) is 0 Å². The molecule has 0 saturated carbocycles. The van der Waals surface area contributed by atoms with Crippen molar-refractivity contribution in [2.45, 2.75) is 31.1 Å². The van der Waals surface area contributed by atoms with Gasteiger partial charge in [-0.3, -0.25) is 0 Å². The van der Waals surface area contributed by atoms with Crippen molar-refractivity contribution >= 4 is 23.9 Å². The Morgan fingerprint density at radius 2 is 1.13 bits per heavy atom. The van der Waals surface area contributed by atoms with E-state index in [0.29, 0.717) is 11.1 Å². The molecular formula is C31H26O8. The number of hydrogen-bond acceptors (Lipinski definition) is 4. The number of carboxylic acid groups (broad SMARTS) is 4. The maximum atomic E-state index is 12.0. The van der Waals surface area contributed by atoms with Crippen molar-refractivity contribution in [3.63, 3.8) is 0 Å². The molecule has 0 atom stereocenters. The lowest BCUT2D eigenvalue weighted by Gasteiger charge is -2.37. The minimum Gasteiger partial charge on any atom is -0.478 e. The molecule has 0 amide bonds. The van der Waals surface area contributed by atoms with Crippen LogP contribution in [0.25, 0.3) is 0 Å². The summed E-state index contributed by atoms with van der Waals surface area (Å²) in [6, 6.07) is 17.9. The molecule has 198 valence electrons. The van der Waals surface area contributed by atoms with E-state index < -0.39 is 40.4 Å². The van der Waals surface area contributed by atoms with E-state index in [9.17, 15) is 39.6 Å². The van der Waals surface area contributed by atoms with Crippen LogP contribution in [0.4, 0.5) is 0 Å². The van der Waals surface area contributed by atoms with Crippen LogP contribution in [0.2, 0.25) is 0 Å². The van der Waals surface area contributed by atoms with E-state index in [-0.39, 0.29) is 23.0 Å². The fraction of sp³-hybridized carbons (Fsp3) is 0.161. The third kappa shape index (κ3) is 4.84. The lowest BCUT2D eigenvalue weighted by Crippen LogP contribution is -2.30. The SMILES string of the molecule is CC(C)(C1=CCC(c2ccc(C(=O)O)c(C(=O)O)c2)(c2ccc(C(=O)O)c(C(=O)O)c2)C=C1)c1ccccc1. The Kier molecular flexibility index (Phi) is 6.98. The van der Waals surface area contributed by atoms with Crippen LogP contribution in [-0.2, 0) is 10.8 Å². The van der Waals surface area contributed by atoms with Crippen molar-refractivity contribution < 1.29 is 39.6 Å². The largest absolute Gasteiger partial charge is 0.478 e. The average Bonchev–Trinajstić information content (AvgIpc) is 2.92. The molecule has 0 radical (unpaired) electrons.